The van der Waals surface area contributed by atoms with Gasteiger partial charge in [-0.1, -0.05) is 44.7 Å². The molecule has 0 unspecified atom stereocenters. The van der Waals surface area contributed by atoms with Gasteiger partial charge in [0.05, 0.1) is 11.7 Å². The maximum absolute atomic E-state index is 9.17. The molecule has 1 saturated carbocycles. The van der Waals surface area contributed by atoms with E-state index < -0.39 is 0 Å². The van der Waals surface area contributed by atoms with Crippen LogP contribution in [0.2, 0.25) is 5.15 Å². The van der Waals surface area contributed by atoms with E-state index >= 15 is 0 Å². The molecule has 0 N–H and O–H groups in total. The first-order valence-corrected chi connectivity index (χ1v) is 6.71. The van der Waals surface area contributed by atoms with E-state index in [1.165, 1.54) is 19.3 Å². The zero-order valence-electron chi connectivity index (χ0n) is 10.4. The van der Waals surface area contributed by atoms with E-state index in [0.29, 0.717) is 16.8 Å². The van der Waals surface area contributed by atoms with Crippen molar-refractivity contribution in [3.05, 3.63) is 16.4 Å². The lowest BCUT2D eigenvalue weighted by Gasteiger charge is -2.22. The molecule has 0 aromatic carbocycles. The number of rotatable bonds is 2. The molecule has 0 amide bonds. The van der Waals surface area contributed by atoms with Crippen molar-refractivity contribution in [1.29, 1.82) is 5.26 Å². The standard InChI is InChI=1S/C13H18ClN3/c1-9(2)12-11(8-15)13(14)17(16-12)10-6-4-3-5-7-10/h9-10H,3-7H2,1-2H3. The zero-order valence-corrected chi connectivity index (χ0v) is 11.2. The lowest BCUT2D eigenvalue weighted by atomic mass is 9.96. The van der Waals surface area contributed by atoms with E-state index in [2.05, 4.69) is 11.2 Å². The molecule has 92 valence electrons. The molecular formula is C13H18ClN3. The van der Waals surface area contributed by atoms with Gasteiger partial charge in [-0.3, -0.25) is 0 Å². The third-order valence-corrected chi connectivity index (χ3v) is 3.82. The highest BCUT2D eigenvalue weighted by Crippen LogP contribution is 2.33. The minimum atomic E-state index is 0.243. The predicted molar refractivity (Wildman–Crippen MR) is 68.2 cm³/mol. The van der Waals surface area contributed by atoms with Crippen LogP contribution in [-0.4, -0.2) is 9.78 Å². The molecule has 17 heavy (non-hydrogen) atoms. The van der Waals surface area contributed by atoms with Crippen molar-refractivity contribution < 1.29 is 0 Å². The zero-order chi connectivity index (χ0) is 12.4. The Morgan fingerprint density at radius 1 is 1.35 bits per heavy atom. The van der Waals surface area contributed by atoms with E-state index in [4.69, 9.17) is 11.6 Å². The van der Waals surface area contributed by atoms with Gasteiger partial charge in [-0.05, 0) is 18.8 Å². The van der Waals surface area contributed by atoms with Crippen LogP contribution in [0.4, 0.5) is 0 Å². The van der Waals surface area contributed by atoms with Gasteiger partial charge in [0.15, 0.2) is 0 Å². The van der Waals surface area contributed by atoms with E-state index in [1.807, 2.05) is 18.5 Å². The lowest BCUT2D eigenvalue weighted by Crippen LogP contribution is -2.14. The molecule has 0 saturated heterocycles. The third kappa shape index (κ3) is 2.32. The number of nitrogens with zero attached hydrogens (tertiary/aromatic N) is 3. The number of hydrogen-bond donors (Lipinski definition) is 0. The molecule has 1 aromatic heterocycles. The number of halogens is 1. The summed E-state index contributed by atoms with van der Waals surface area (Å²) in [6.07, 6.45) is 6.03. The van der Waals surface area contributed by atoms with Gasteiger partial charge in [0.1, 0.15) is 16.8 Å². The van der Waals surface area contributed by atoms with Crippen LogP contribution in [0.15, 0.2) is 0 Å². The molecule has 0 radical (unpaired) electrons. The molecule has 0 aliphatic heterocycles. The lowest BCUT2D eigenvalue weighted by molar-refractivity contribution is 0.328. The monoisotopic (exact) mass is 251 g/mol. The summed E-state index contributed by atoms with van der Waals surface area (Å²) in [7, 11) is 0. The van der Waals surface area contributed by atoms with Crippen molar-refractivity contribution in [2.24, 2.45) is 0 Å². The Morgan fingerprint density at radius 3 is 2.47 bits per heavy atom. The van der Waals surface area contributed by atoms with E-state index in [-0.39, 0.29) is 5.92 Å². The molecular weight excluding hydrogens is 234 g/mol. The second-order valence-corrected chi connectivity index (χ2v) is 5.41. The van der Waals surface area contributed by atoms with Crippen molar-refractivity contribution in [1.82, 2.24) is 9.78 Å². The number of nitriles is 1. The molecule has 0 atom stereocenters. The summed E-state index contributed by atoms with van der Waals surface area (Å²) in [6.45, 7) is 4.09. The van der Waals surface area contributed by atoms with Gasteiger partial charge in [0.25, 0.3) is 0 Å². The molecule has 1 aliphatic carbocycles. The fourth-order valence-electron chi connectivity index (χ4n) is 2.51. The van der Waals surface area contributed by atoms with Crippen molar-refractivity contribution in [3.63, 3.8) is 0 Å². The second-order valence-electron chi connectivity index (χ2n) is 5.05. The molecule has 0 bridgehead atoms. The van der Waals surface area contributed by atoms with Crippen LogP contribution in [0, 0.1) is 11.3 Å². The van der Waals surface area contributed by atoms with Crippen LogP contribution in [0.25, 0.3) is 0 Å². The Kier molecular flexibility index (Phi) is 3.73. The summed E-state index contributed by atoms with van der Waals surface area (Å²) in [5.74, 6) is 0.243. The Balaban J connectivity index is 2.38. The van der Waals surface area contributed by atoms with E-state index in [0.717, 1.165) is 18.5 Å². The largest absolute Gasteiger partial charge is 0.249 e. The van der Waals surface area contributed by atoms with Crippen molar-refractivity contribution in [2.45, 2.75) is 57.9 Å². The minimum absolute atomic E-state index is 0.243. The van der Waals surface area contributed by atoms with Crippen LogP contribution < -0.4 is 0 Å². The molecule has 2 rings (SSSR count). The molecule has 1 fully saturated rings. The Morgan fingerprint density at radius 2 is 2.00 bits per heavy atom. The summed E-state index contributed by atoms with van der Waals surface area (Å²) in [5, 5.41) is 14.3. The van der Waals surface area contributed by atoms with E-state index in [1.54, 1.807) is 0 Å². The first-order valence-electron chi connectivity index (χ1n) is 6.33. The minimum Gasteiger partial charge on any atom is -0.249 e. The molecule has 1 heterocycles. The first-order chi connectivity index (χ1) is 8.15. The van der Waals surface area contributed by atoms with Crippen molar-refractivity contribution in [3.8, 4) is 6.07 Å². The smallest absolute Gasteiger partial charge is 0.145 e. The average molecular weight is 252 g/mol. The SMILES string of the molecule is CC(C)c1nn(C2CCCCC2)c(Cl)c1C#N. The first kappa shape index (κ1) is 12.4. The second kappa shape index (κ2) is 5.10. The Hall–Kier alpha value is -1.01. The van der Waals surface area contributed by atoms with Crippen molar-refractivity contribution >= 4 is 11.6 Å². The summed E-state index contributed by atoms with van der Waals surface area (Å²) >= 11 is 6.29. The molecule has 1 aliphatic rings. The Bertz CT molecular complexity index is 436. The highest BCUT2D eigenvalue weighted by atomic mass is 35.5. The fourth-order valence-corrected chi connectivity index (χ4v) is 2.82. The van der Waals surface area contributed by atoms with Gasteiger partial charge in [0.2, 0.25) is 0 Å². The summed E-state index contributed by atoms with van der Waals surface area (Å²) < 4.78 is 1.88. The van der Waals surface area contributed by atoms with Gasteiger partial charge in [-0.15, -0.1) is 0 Å². The quantitative estimate of drug-likeness (QED) is 0.796. The fraction of sp³-hybridized carbons (Fsp3) is 0.692. The summed E-state index contributed by atoms with van der Waals surface area (Å²) in [4.78, 5) is 0. The predicted octanol–water partition coefficient (Wildman–Crippen LogP) is 4.04. The molecule has 1 aromatic rings. The van der Waals surface area contributed by atoms with Gasteiger partial charge >= 0.3 is 0 Å². The van der Waals surface area contributed by atoms with Crippen LogP contribution in [0.5, 0.6) is 0 Å². The maximum Gasteiger partial charge on any atom is 0.145 e. The van der Waals surface area contributed by atoms with Crippen LogP contribution >= 0.6 is 11.6 Å². The maximum atomic E-state index is 9.17. The summed E-state index contributed by atoms with van der Waals surface area (Å²) in [6, 6.07) is 2.57. The van der Waals surface area contributed by atoms with Crippen LogP contribution in [0.1, 0.15) is 69.2 Å². The van der Waals surface area contributed by atoms with E-state index in [9.17, 15) is 5.26 Å². The summed E-state index contributed by atoms with van der Waals surface area (Å²) in [5.41, 5.74) is 1.40. The normalized spacial score (nSPS) is 17.4. The Labute approximate surface area is 107 Å². The molecule has 0 spiro atoms. The van der Waals surface area contributed by atoms with Gasteiger partial charge in [0, 0.05) is 0 Å². The molecule has 3 nitrogen and oxygen atoms in total. The van der Waals surface area contributed by atoms with Gasteiger partial charge in [-0.25, -0.2) is 4.68 Å². The van der Waals surface area contributed by atoms with Gasteiger partial charge < -0.3 is 0 Å². The van der Waals surface area contributed by atoms with Crippen molar-refractivity contribution in [2.75, 3.05) is 0 Å². The number of aromatic nitrogens is 2. The molecule has 4 heteroatoms. The highest BCUT2D eigenvalue weighted by molar-refractivity contribution is 6.30. The highest BCUT2D eigenvalue weighted by Gasteiger charge is 2.24. The number of hydrogen-bond acceptors (Lipinski definition) is 2. The third-order valence-electron chi connectivity index (χ3n) is 3.46. The van der Waals surface area contributed by atoms with Crippen LogP contribution in [0.3, 0.4) is 0 Å². The van der Waals surface area contributed by atoms with Crippen LogP contribution in [-0.2, 0) is 0 Å². The topological polar surface area (TPSA) is 41.6 Å². The van der Waals surface area contributed by atoms with Gasteiger partial charge in [-0.2, -0.15) is 10.4 Å². The average Bonchev–Trinajstić information content (AvgIpc) is 2.67.